The van der Waals surface area contributed by atoms with Crippen LogP contribution in [0.5, 0.6) is 5.75 Å². The Labute approximate surface area is 82.5 Å². The number of rotatable bonds is 3. The number of hydrogen-bond acceptors (Lipinski definition) is 4. The molecular weight excluding hydrogens is 184 g/mol. The van der Waals surface area contributed by atoms with Crippen LogP contribution in [0.3, 0.4) is 0 Å². The Bertz CT molecular complexity index is 332. The largest absolute Gasteiger partial charge is 0.491 e. The van der Waals surface area contributed by atoms with Crippen LogP contribution < -0.4 is 4.74 Å². The van der Waals surface area contributed by atoms with Crippen molar-refractivity contribution in [3.63, 3.8) is 0 Å². The Balaban J connectivity index is 2.85. The number of thiocarbonyl (C=S) groups is 1. The lowest BCUT2D eigenvalue weighted by Crippen LogP contribution is -2.05. The van der Waals surface area contributed by atoms with Crippen LogP contribution >= 0.6 is 12.2 Å². The monoisotopic (exact) mass is 194 g/mol. The van der Waals surface area contributed by atoms with Gasteiger partial charge in [-0.3, -0.25) is 0 Å². The second kappa shape index (κ2) is 4.70. The summed E-state index contributed by atoms with van der Waals surface area (Å²) in [5.41, 5.74) is 0. The molecule has 0 fully saturated rings. The zero-order valence-electron chi connectivity index (χ0n) is 7.52. The maximum Gasteiger partial charge on any atom is 0.166 e. The van der Waals surface area contributed by atoms with Crippen LogP contribution in [0.1, 0.15) is 13.8 Å². The Morgan fingerprint density at radius 1 is 1.62 bits per heavy atom. The highest BCUT2D eigenvalue weighted by molar-refractivity contribution is 7.78. The van der Waals surface area contributed by atoms with Gasteiger partial charge in [-0.25, -0.2) is 4.98 Å². The van der Waals surface area contributed by atoms with Gasteiger partial charge < -0.3 is 4.74 Å². The fourth-order valence-electron chi connectivity index (χ4n) is 0.853. The van der Waals surface area contributed by atoms with Crippen molar-refractivity contribution in [2.24, 2.45) is 4.99 Å². The summed E-state index contributed by atoms with van der Waals surface area (Å²) in [5, 5.41) is 2.25. The van der Waals surface area contributed by atoms with E-state index in [1.807, 2.05) is 13.8 Å². The first-order chi connectivity index (χ1) is 6.22. The van der Waals surface area contributed by atoms with Gasteiger partial charge in [0.2, 0.25) is 0 Å². The van der Waals surface area contributed by atoms with E-state index in [9.17, 15) is 0 Å². The van der Waals surface area contributed by atoms with E-state index in [-0.39, 0.29) is 6.10 Å². The molecule has 0 spiro atoms. The van der Waals surface area contributed by atoms with E-state index in [1.165, 1.54) is 0 Å². The van der Waals surface area contributed by atoms with Crippen LogP contribution in [-0.4, -0.2) is 16.2 Å². The smallest absolute Gasteiger partial charge is 0.166 e. The third-order valence-electron chi connectivity index (χ3n) is 1.25. The molecule has 1 rings (SSSR count). The molecule has 0 aliphatic heterocycles. The molecule has 13 heavy (non-hydrogen) atoms. The van der Waals surface area contributed by atoms with Gasteiger partial charge in [-0.1, -0.05) is 0 Å². The van der Waals surface area contributed by atoms with E-state index in [4.69, 9.17) is 4.74 Å². The lowest BCUT2D eigenvalue weighted by atomic mass is 10.4. The number of aliphatic imine (C=N–C) groups is 1. The fourth-order valence-corrected chi connectivity index (χ4v) is 0.947. The van der Waals surface area contributed by atoms with Crippen LogP contribution in [0.25, 0.3) is 0 Å². The molecule has 4 heteroatoms. The molecule has 0 radical (unpaired) electrons. The number of nitrogens with zero attached hydrogens (tertiary/aromatic N) is 2. The quantitative estimate of drug-likeness (QED) is 0.548. The minimum absolute atomic E-state index is 0.145. The van der Waals surface area contributed by atoms with Gasteiger partial charge in [0.05, 0.1) is 11.3 Å². The van der Waals surface area contributed by atoms with Crippen LogP contribution in [0.2, 0.25) is 0 Å². The lowest BCUT2D eigenvalue weighted by molar-refractivity contribution is 0.242. The third-order valence-corrected chi connectivity index (χ3v) is 1.34. The van der Waals surface area contributed by atoms with Crippen molar-refractivity contribution in [2.45, 2.75) is 20.0 Å². The molecule has 1 aromatic rings. The van der Waals surface area contributed by atoms with Crippen molar-refractivity contribution in [3.05, 3.63) is 18.3 Å². The van der Waals surface area contributed by atoms with Crippen LogP contribution in [-0.2, 0) is 0 Å². The standard InChI is InChI=1S/C9H10N2OS/c1-7(2)12-8-3-4-10-9(5-8)11-6-13/h3-5,7H,1-2H3. The van der Waals surface area contributed by atoms with Crippen molar-refractivity contribution in [1.29, 1.82) is 0 Å². The molecule has 1 heterocycles. The van der Waals surface area contributed by atoms with Crippen molar-refractivity contribution >= 4 is 23.2 Å². The summed E-state index contributed by atoms with van der Waals surface area (Å²) >= 11 is 4.47. The molecule has 0 atom stereocenters. The van der Waals surface area contributed by atoms with E-state index >= 15 is 0 Å². The molecule has 0 saturated heterocycles. The summed E-state index contributed by atoms with van der Waals surface area (Å²) in [4.78, 5) is 7.71. The number of pyridine rings is 1. The number of aromatic nitrogens is 1. The minimum Gasteiger partial charge on any atom is -0.491 e. The van der Waals surface area contributed by atoms with Crippen molar-refractivity contribution in [2.75, 3.05) is 0 Å². The SMILES string of the molecule is CC(C)Oc1ccnc(N=C=S)c1. The molecule has 0 aliphatic rings. The Morgan fingerprint density at radius 3 is 3.00 bits per heavy atom. The van der Waals surface area contributed by atoms with E-state index in [1.54, 1.807) is 18.3 Å². The maximum absolute atomic E-state index is 5.44. The van der Waals surface area contributed by atoms with Crippen LogP contribution in [0.4, 0.5) is 5.82 Å². The third kappa shape index (κ3) is 3.32. The molecule has 0 N–H and O–H groups in total. The topological polar surface area (TPSA) is 34.5 Å². The zero-order chi connectivity index (χ0) is 9.68. The summed E-state index contributed by atoms with van der Waals surface area (Å²) in [6.45, 7) is 3.92. The molecule has 0 aliphatic carbocycles. The number of isothiocyanates is 1. The number of ether oxygens (including phenoxy) is 1. The molecule has 0 bridgehead atoms. The molecular formula is C9H10N2OS. The summed E-state index contributed by atoms with van der Waals surface area (Å²) < 4.78 is 5.44. The number of hydrogen-bond donors (Lipinski definition) is 0. The van der Waals surface area contributed by atoms with E-state index < -0.39 is 0 Å². The van der Waals surface area contributed by atoms with Gasteiger partial charge in [-0.05, 0) is 32.1 Å². The first-order valence-electron chi connectivity index (χ1n) is 3.93. The Hall–Kier alpha value is -1.25. The van der Waals surface area contributed by atoms with Crippen molar-refractivity contribution < 1.29 is 4.74 Å². The average Bonchev–Trinajstić information content (AvgIpc) is 2.04. The average molecular weight is 194 g/mol. The summed E-state index contributed by atoms with van der Waals surface area (Å²) in [6.07, 6.45) is 1.77. The van der Waals surface area contributed by atoms with Gasteiger partial charge in [0.15, 0.2) is 5.82 Å². The summed E-state index contributed by atoms with van der Waals surface area (Å²) in [5.74, 6) is 1.27. The normalized spacial score (nSPS) is 9.46. The fraction of sp³-hybridized carbons (Fsp3) is 0.333. The molecule has 0 saturated carbocycles. The van der Waals surface area contributed by atoms with Gasteiger partial charge in [-0.15, -0.1) is 0 Å². The highest BCUT2D eigenvalue weighted by Crippen LogP contribution is 2.17. The summed E-state index contributed by atoms with van der Waals surface area (Å²) in [6, 6.07) is 3.50. The van der Waals surface area contributed by atoms with Gasteiger partial charge in [0.25, 0.3) is 0 Å². The second-order valence-electron chi connectivity index (χ2n) is 2.72. The van der Waals surface area contributed by atoms with Gasteiger partial charge in [0.1, 0.15) is 5.75 Å². The van der Waals surface area contributed by atoms with Gasteiger partial charge in [-0.2, -0.15) is 4.99 Å². The van der Waals surface area contributed by atoms with Gasteiger partial charge in [0, 0.05) is 12.3 Å². The lowest BCUT2D eigenvalue weighted by Gasteiger charge is -2.08. The highest BCUT2D eigenvalue weighted by Gasteiger charge is 1.98. The predicted molar refractivity (Wildman–Crippen MR) is 54.7 cm³/mol. The van der Waals surface area contributed by atoms with Crippen molar-refractivity contribution in [3.8, 4) is 5.75 Å². The first kappa shape index (κ1) is 9.84. The predicted octanol–water partition coefficient (Wildman–Crippen LogP) is 2.60. The van der Waals surface area contributed by atoms with E-state index in [2.05, 4.69) is 27.4 Å². The highest BCUT2D eigenvalue weighted by atomic mass is 32.1. The first-order valence-corrected chi connectivity index (χ1v) is 4.34. The molecule has 68 valence electrons. The van der Waals surface area contributed by atoms with Gasteiger partial charge >= 0.3 is 0 Å². The second-order valence-corrected chi connectivity index (χ2v) is 2.90. The van der Waals surface area contributed by atoms with Crippen molar-refractivity contribution in [1.82, 2.24) is 4.98 Å². The minimum atomic E-state index is 0.145. The molecule has 3 nitrogen and oxygen atoms in total. The molecule has 0 aromatic carbocycles. The summed E-state index contributed by atoms with van der Waals surface area (Å²) in [7, 11) is 0. The Morgan fingerprint density at radius 2 is 2.38 bits per heavy atom. The molecule has 0 unspecified atom stereocenters. The molecule has 1 aromatic heterocycles. The van der Waals surface area contributed by atoms with Crippen LogP contribution in [0, 0.1) is 0 Å². The molecule has 0 amide bonds. The van der Waals surface area contributed by atoms with E-state index in [0.717, 1.165) is 5.75 Å². The van der Waals surface area contributed by atoms with Crippen LogP contribution in [0.15, 0.2) is 23.3 Å². The zero-order valence-corrected chi connectivity index (χ0v) is 8.34. The van der Waals surface area contributed by atoms with E-state index in [0.29, 0.717) is 5.82 Å². The Kier molecular flexibility index (Phi) is 3.55. The maximum atomic E-state index is 5.44.